The highest BCUT2D eigenvalue weighted by atomic mass is 16.3. The van der Waals surface area contributed by atoms with Gasteiger partial charge in [0.15, 0.2) is 0 Å². The van der Waals surface area contributed by atoms with Crippen LogP contribution in [0.3, 0.4) is 0 Å². The van der Waals surface area contributed by atoms with Crippen LogP contribution in [0.25, 0.3) is 44.5 Å². The van der Waals surface area contributed by atoms with Gasteiger partial charge in [-0.15, -0.1) is 10.2 Å². The fourth-order valence-electron chi connectivity index (χ4n) is 3.32. The molecular weight excluding hydrogens is 352 g/mol. The van der Waals surface area contributed by atoms with Crippen LogP contribution in [0, 0.1) is 0 Å². The molecule has 0 saturated carbocycles. The summed E-state index contributed by atoms with van der Waals surface area (Å²) in [4.78, 5) is 15.8. The summed E-state index contributed by atoms with van der Waals surface area (Å²) in [6.07, 6.45) is 3.40. The number of aromatic nitrogens is 3. The third kappa shape index (κ3) is 2.59. The van der Waals surface area contributed by atoms with Crippen LogP contribution in [0.4, 0.5) is 0 Å². The number of benzene rings is 2. The van der Waals surface area contributed by atoms with E-state index in [1.54, 1.807) is 30.6 Å². The summed E-state index contributed by atoms with van der Waals surface area (Å²) in [5.41, 5.74) is 9.58. The second-order valence-electron chi connectivity index (χ2n) is 6.40. The topological polar surface area (TPSA) is 94.9 Å². The number of nitrogens with zero attached hydrogens (tertiary/aromatic N) is 3. The van der Waals surface area contributed by atoms with Crippen LogP contribution in [0.5, 0.6) is 0 Å². The van der Waals surface area contributed by atoms with Crippen molar-refractivity contribution in [2.75, 3.05) is 0 Å². The maximum absolute atomic E-state index is 11.7. The standard InChI is InChI=1S/C22H14N4O2/c23-22(27)15-5-6-17-16(11-15)20(19-12-14-3-1-2-4-18(14)28-19)21(26-25-17)13-7-9-24-10-8-13/h1-12H,(H2,23,27). The maximum Gasteiger partial charge on any atom is 0.248 e. The number of primary amides is 1. The number of fused-ring (bicyclic) bond motifs is 2. The first kappa shape index (κ1) is 16.1. The number of amides is 1. The zero-order chi connectivity index (χ0) is 19.1. The molecule has 0 spiro atoms. The Labute approximate surface area is 159 Å². The highest BCUT2D eigenvalue weighted by Gasteiger charge is 2.19. The lowest BCUT2D eigenvalue weighted by molar-refractivity contribution is 0.100. The Morgan fingerprint density at radius 2 is 1.75 bits per heavy atom. The number of rotatable bonds is 3. The first-order chi connectivity index (χ1) is 13.7. The molecule has 6 heteroatoms. The van der Waals surface area contributed by atoms with E-state index in [9.17, 15) is 4.79 Å². The quantitative estimate of drug-likeness (QED) is 0.516. The molecule has 0 aliphatic rings. The van der Waals surface area contributed by atoms with E-state index in [1.165, 1.54) is 0 Å². The molecule has 5 rings (SSSR count). The zero-order valence-electron chi connectivity index (χ0n) is 14.7. The molecule has 1 amide bonds. The summed E-state index contributed by atoms with van der Waals surface area (Å²) in [5, 5.41) is 10.5. The van der Waals surface area contributed by atoms with Crippen molar-refractivity contribution < 1.29 is 9.21 Å². The van der Waals surface area contributed by atoms with Crippen molar-refractivity contribution in [3.63, 3.8) is 0 Å². The number of carbonyl (C=O) groups excluding carboxylic acids is 1. The molecule has 3 aromatic heterocycles. The van der Waals surface area contributed by atoms with Gasteiger partial charge in [-0.3, -0.25) is 9.78 Å². The number of para-hydroxylation sites is 1. The van der Waals surface area contributed by atoms with E-state index in [4.69, 9.17) is 10.2 Å². The third-order valence-electron chi connectivity index (χ3n) is 4.67. The van der Waals surface area contributed by atoms with Crippen molar-refractivity contribution >= 4 is 27.8 Å². The number of carbonyl (C=O) groups is 1. The predicted molar refractivity (Wildman–Crippen MR) is 106 cm³/mol. The summed E-state index contributed by atoms with van der Waals surface area (Å²) in [6, 6.07) is 18.6. The molecule has 3 heterocycles. The molecule has 0 fully saturated rings. The highest BCUT2D eigenvalue weighted by Crippen LogP contribution is 2.38. The van der Waals surface area contributed by atoms with Crippen LogP contribution in [0.2, 0.25) is 0 Å². The summed E-state index contributed by atoms with van der Waals surface area (Å²) >= 11 is 0. The first-order valence-electron chi connectivity index (χ1n) is 8.70. The van der Waals surface area contributed by atoms with Crippen LogP contribution >= 0.6 is 0 Å². The van der Waals surface area contributed by atoms with Gasteiger partial charge in [-0.1, -0.05) is 18.2 Å². The number of furan rings is 1. The van der Waals surface area contributed by atoms with Gasteiger partial charge >= 0.3 is 0 Å². The van der Waals surface area contributed by atoms with Crippen LogP contribution in [0.15, 0.2) is 77.5 Å². The lowest BCUT2D eigenvalue weighted by Crippen LogP contribution is -2.10. The van der Waals surface area contributed by atoms with E-state index >= 15 is 0 Å². The monoisotopic (exact) mass is 366 g/mol. The summed E-state index contributed by atoms with van der Waals surface area (Å²) in [6.45, 7) is 0. The molecule has 2 aromatic carbocycles. The van der Waals surface area contributed by atoms with Crippen molar-refractivity contribution in [2.45, 2.75) is 0 Å². The lowest BCUT2D eigenvalue weighted by Gasteiger charge is -2.10. The van der Waals surface area contributed by atoms with E-state index in [2.05, 4.69) is 15.2 Å². The Bertz CT molecular complexity index is 1310. The molecule has 0 unspecified atom stereocenters. The van der Waals surface area contributed by atoms with Crippen LogP contribution in [-0.4, -0.2) is 21.1 Å². The van der Waals surface area contributed by atoms with E-state index in [-0.39, 0.29) is 0 Å². The Kier molecular flexibility index (Phi) is 3.62. The zero-order valence-corrected chi connectivity index (χ0v) is 14.7. The summed E-state index contributed by atoms with van der Waals surface area (Å²) < 4.78 is 6.13. The van der Waals surface area contributed by atoms with E-state index in [1.807, 2.05) is 42.5 Å². The molecule has 28 heavy (non-hydrogen) atoms. The average Bonchev–Trinajstić information content (AvgIpc) is 3.17. The first-order valence-corrected chi connectivity index (χ1v) is 8.70. The lowest BCUT2D eigenvalue weighted by atomic mass is 9.99. The molecule has 2 N–H and O–H groups in total. The van der Waals surface area contributed by atoms with Crippen LogP contribution in [0.1, 0.15) is 10.4 Å². The van der Waals surface area contributed by atoms with Crippen molar-refractivity contribution in [1.82, 2.24) is 15.2 Å². The second-order valence-corrected chi connectivity index (χ2v) is 6.40. The smallest absolute Gasteiger partial charge is 0.248 e. The Morgan fingerprint density at radius 3 is 2.54 bits per heavy atom. The van der Waals surface area contributed by atoms with Gasteiger partial charge in [-0.05, 0) is 42.5 Å². The summed E-state index contributed by atoms with van der Waals surface area (Å²) in [7, 11) is 0. The molecule has 6 nitrogen and oxygen atoms in total. The van der Waals surface area contributed by atoms with Gasteiger partial charge < -0.3 is 10.2 Å². The molecule has 5 aromatic rings. The molecular formula is C22H14N4O2. The minimum atomic E-state index is -0.500. The van der Waals surface area contributed by atoms with E-state index < -0.39 is 5.91 Å². The van der Waals surface area contributed by atoms with Gasteiger partial charge in [-0.25, -0.2) is 0 Å². The minimum Gasteiger partial charge on any atom is -0.456 e. The molecule has 0 atom stereocenters. The Hall–Kier alpha value is -4.06. The largest absolute Gasteiger partial charge is 0.456 e. The van der Waals surface area contributed by atoms with Crippen molar-refractivity contribution in [3.05, 3.63) is 78.6 Å². The minimum absolute atomic E-state index is 0.401. The fraction of sp³-hybridized carbons (Fsp3) is 0. The Morgan fingerprint density at radius 1 is 0.929 bits per heavy atom. The average molecular weight is 366 g/mol. The molecule has 0 bridgehead atoms. The molecule has 0 saturated heterocycles. The third-order valence-corrected chi connectivity index (χ3v) is 4.67. The molecule has 134 valence electrons. The maximum atomic E-state index is 11.7. The number of nitrogens with two attached hydrogens (primary N) is 1. The molecule has 0 radical (unpaired) electrons. The SMILES string of the molecule is NC(=O)c1ccc2nnc(-c3ccncc3)c(-c3cc4ccccc4o3)c2c1. The normalized spacial score (nSPS) is 11.1. The highest BCUT2D eigenvalue weighted by molar-refractivity contribution is 6.04. The van der Waals surface area contributed by atoms with Gasteiger partial charge in [0.1, 0.15) is 17.0 Å². The van der Waals surface area contributed by atoms with Crippen LogP contribution in [-0.2, 0) is 0 Å². The van der Waals surface area contributed by atoms with E-state index in [0.29, 0.717) is 22.5 Å². The Balaban J connectivity index is 1.89. The van der Waals surface area contributed by atoms with E-state index in [0.717, 1.165) is 27.5 Å². The molecule has 0 aliphatic carbocycles. The van der Waals surface area contributed by atoms with Gasteiger partial charge in [0, 0.05) is 34.3 Å². The van der Waals surface area contributed by atoms with Gasteiger partial charge in [0.25, 0.3) is 0 Å². The number of pyridine rings is 1. The summed E-state index contributed by atoms with van der Waals surface area (Å²) in [5.74, 6) is 0.147. The molecule has 0 aliphatic heterocycles. The van der Waals surface area contributed by atoms with Gasteiger partial charge in [-0.2, -0.15) is 0 Å². The predicted octanol–water partition coefficient (Wildman–Crippen LogP) is 4.20. The van der Waals surface area contributed by atoms with Crippen molar-refractivity contribution in [2.24, 2.45) is 5.73 Å². The van der Waals surface area contributed by atoms with Crippen LogP contribution < -0.4 is 5.73 Å². The second kappa shape index (κ2) is 6.28. The van der Waals surface area contributed by atoms with Gasteiger partial charge in [0.2, 0.25) is 5.91 Å². The fourth-order valence-corrected chi connectivity index (χ4v) is 3.32. The van der Waals surface area contributed by atoms with Crippen molar-refractivity contribution in [3.8, 4) is 22.6 Å². The van der Waals surface area contributed by atoms with Crippen molar-refractivity contribution in [1.29, 1.82) is 0 Å². The van der Waals surface area contributed by atoms with Gasteiger partial charge in [0.05, 0.1) is 11.1 Å². The number of hydrogen-bond acceptors (Lipinski definition) is 5. The number of hydrogen-bond donors (Lipinski definition) is 1.